The van der Waals surface area contributed by atoms with Crippen molar-refractivity contribution >= 4 is 11.9 Å². The molecule has 2 N–H and O–H groups in total. The Morgan fingerprint density at radius 2 is 2.05 bits per heavy atom. The van der Waals surface area contributed by atoms with Gasteiger partial charge in [0, 0.05) is 13.0 Å². The van der Waals surface area contributed by atoms with E-state index >= 15 is 0 Å². The Morgan fingerprint density at radius 3 is 2.67 bits per heavy atom. The van der Waals surface area contributed by atoms with Crippen molar-refractivity contribution in [1.29, 1.82) is 0 Å². The van der Waals surface area contributed by atoms with Crippen LogP contribution in [0.2, 0.25) is 0 Å². The highest BCUT2D eigenvalue weighted by Crippen LogP contribution is 2.45. The molecule has 0 radical (unpaired) electrons. The Bertz CT molecular complexity index is 523. The van der Waals surface area contributed by atoms with E-state index in [-0.39, 0.29) is 12.5 Å². The third-order valence-corrected chi connectivity index (χ3v) is 3.83. The molecule has 0 bridgehead atoms. The summed E-state index contributed by atoms with van der Waals surface area (Å²) in [4.78, 5) is 22.9. The van der Waals surface area contributed by atoms with Gasteiger partial charge in [0.05, 0.1) is 12.0 Å². The molecule has 0 aromatic heterocycles. The van der Waals surface area contributed by atoms with E-state index in [2.05, 4.69) is 5.32 Å². The molecule has 5 nitrogen and oxygen atoms in total. The molecule has 1 saturated carbocycles. The highest BCUT2D eigenvalue weighted by Gasteiger charge is 2.50. The highest BCUT2D eigenvalue weighted by molar-refractivity contribution is 5.81. The molecule has 2 rings (SSSR count). The predicted molar refractivity (Wildman–Crippen MR) is 78.2 cm³/mol. The highest BCUT2D eigenvalue weighted by atomic mass is 16.5. The number of benzene rings is 1. The number of aryl methyl sites for hydroxylation is 1. The van der Waals surface area contributed by atoms with Crippen LogP contribution in [-0.2, 0) is 16.0 Å². The van der Waals surface area contributed by atoms with Crippen LogP contribution < -0.4 is 10.1 Å². The molecule has 0 unspecified atom stereocenters. The summed E-state index contributed by atoms with van der Waals surface area (Å²) < 4.78 is 5.52. The Kier molecular flexibility index (Phi) is 4.83. The van der Waals surface area contributed by atoms with Gasteiger partial charge in [0.2, 0.25) is 5.91 Å². The number of para-hydroxylation sites is 1. The molecule has 1 aromatic carbocycles. The van der Waals surface area contributed by atoms with Gasteiger partial charge in [0.15, 0.2) is 0 Å². The van der Waals surface area contributed by atoms with E-state index < -0.39 is 11.4 Å². The quantitative estimate of drug-likeness (QED) is 0.768. The van der Waals surface area contributed by atoms with Crippen molar-refractivity contribution < 1.29 is 19.4 Å². The maximum Gasteiger partial charge on any atom is 0.311 e. The first-order valence-electron chi connectivity index (χ1n) is 7.28. The number of carboxylic acid groups (broad SMARTS) is 1. The van der Waals surface area contributed by atoms with E-state index in [1.54, 1.807) is 0 Å². The normalized spacial score (nSPS) is 15.3. The zero-order valence-electron chi connectivity index (χ0n) is 12.2. The minimum atomic E-state index is -0.815. The molecule has 21 heavy (non-hydrogen) atoms. The fourth-order valence-corrected chi connectivity index (χ4v) is 2.23. The van der Waals surface area contributed by atoms with Gasteiger partial charge in [-0.3, -0.25) is 9.59 Å². The van der Waals surface area contributed by atoms with Crippen LogP contribution in [0.1, 0.15) is 31.7 Å². The van der Waals surface area contributed by atoms with Gasteiger partial charge in [0.25, 0.3) is 0 Å². The lowest BCUT2D eigenvalue weighted by Crippen LogP contribution is -2.34. The second-order valence-electron chi connectivity index (χ2n) is 5.40. The summed E-state index contributed by atoms with van der Waals surface area (Å²) in [5, 5.41) is 11.8. The molecule has 1 aliphatic rings. The largest absolute Gasteiger partial charge is 0.494 e. The molecule has 0 atom stereocenters. The second kappa shape index (κ2) is 6.61. The molecule has 1 amide bonds. The molecular formula is C16H21NO4. The smallest absolute Gasteiger partial charge is 0.311 e. The van der Waals surface area contributed by atoms with Crippen molar-refractivity contribution in [1.82, 2.24) is 5.32 Å². The monoisotopic (exact) mass is 291 g/mol. The van der Waals surface area contributed by atoms with Gasteiger partial charge in [-0.2, -0.15) is 0 Å². The summed E-state index contributed by atoms with van der Waals surface area (Å²) in [5.41, 5.74) is 0.285. The number of hydrogen-bond acceptors (Lipinski definition) is 3. The molecule has 5 heteroatoms. The van der Waals surface area contributed by atoms with Crippen LogP contribution >= 0.6 is 0 Å². The molecule has 0 spiro atoms. The van der Waals surface area contributed by atoms with Crippen LogP contribution in [0.3, 0.4) is 0 Å². The number of hydrogen-bond donors (Lipinski definition) is 2. The lowest BCUT2D eigenvalue weighted by molar-refractivity contribution is -0.143. The Labute approximate surface area is 124 Å². The van der Waals surface area contributed by atoms with Crippen LogP contribution in [0.25, 0.3) is 0 Å². The first-order valence-corrected chi connectivity index (χ1v) is 7.28. The maximum atomic E-state index is 11.8. The van der Waals surface area contributed by atoms with Crippen molar-refractivity contribution in [2.24, 2.45) is 5.41 Å². The van der Waals surface area contributed by atoms with Crippen molar-refractivity contribution in [2.45, 2.75) is 32.6 Å². The first kappa shape index (κ1) is 15.4. The van der Waals surface area contributed by atoms with E-state index in [4.69, 9.17) is 9.84 Å². The maximum absolute atomic E-state index is 11.8. The van der Waals surface area contributed by atoms with E-state index in [0.29, 0.717) is 32.3 Å². The number of rotatable bonds is 8. The summed E-state index contributed by atoms with van der Waals surface area (Å²) in [6, 6.07) is 7.65. The third-order valence-electron chi connectivity index (χ3n) is 3.83. The average molecular weight is 291 g/mol. The van der Waals surface area contributed by atoms with Gasteiger partial charge < -0.3 is 15.2 Å². The van der Waals surface area contributed by atoms with Crippen LogP contribution in [0.15, 0.2) is 24.3 Å². The van der Waals surface area contributed by atoms with Gasteiger partial charge in [-0.25, -0.2) is 0 Å². The van der Waals surface area contributed by atoms with Gasteiger partial charge in [-0.05, 0) is 37.8 Å². The Hall–Kier alpha value is -2.04. The van der Waals surface area contributed by atoms with Gasteiger partial charge in [-0.15, -0.1) is 0 Å². The molecule has 0 heterocycles. The van der Waals surface area contributed by atoms with Gasteiger partial charge in [0.1, 0.15) is 5.75 Å². The van der Waals surface area contributed by atoms with Crippen LogP contribution in [-0.4, -0.2) is 30.1 Å². The van der Waals surface area contributed by atoms with Crippen molar-refractivity contribution in [3.63, 3.8) is 0 Å². The zero-order valence-corrected chi connectivity index (χ0v) is 12.2. The summed E-state index contributed by atoms with van der Waals surface area (Å²) in [6.45, 7) is 2.74. The van der Waals surface area contributed by atoms with Crippen molar-refractivity contribution in [3.05, 3.63) is 29.8 Å². The summed E-state index contributed by atoms with van der Waals surface area (Å²) in [5.74, 6) is -0.129. The minimum absolute atomic E-state index is 0.117. The lowest BCUT2D eigenvalue weighted by atomic mass is 10.1. The molecule has 0 aliphatic heterocycles. The second-order valence-corrected chi connectivity index (χ2v) is 5.40. The number of nitrogens with one attached hydrogen (secondary N) is 1. The van der Waals surface area contributed by atoms with Crippen LogP contribution in [0, 0.1) is 5.41 Å². The summed E-state index contributed by atoms with van der Waals surface area (Å²) in [6.07, 6.45) is 2.22. The average Bonchev–Trinajstić information content (AvgIpc) is 3.26. The standard InChI is InChI=1S/C16H21NO4/c1-2-21-13-6-4-3-5-12(13)7-8-14(18)17-11-16(9-10-16)15(19)20/h3-6H,2,7-11H2,1H3,(H,17,18)(H,19,20). The van der Waals surface area contributed by atoms with E-state index in [1.807, 2.05) is 31.2 Å². The SMILES string of the molecule is CCOc1ccccc1CCC(=O)NCC1(C(=O)O)CC1. The Morgan fingerprint density at radius 1 is 1.33 bits per heavy atom. The number of amides is 1. The molecule has 1 aromatic rings. The number of aliphatic carboxylic acids is 1. The predicted octanol–water partition coefficient (Wildman–Crippen LogP) is 2.00. The van der Waals surface area contributed by atoms with Gasteiger partial charge >= 0.3 is 5.97 Å². The van der Waals surface area contributed by atoms with Crippen LogP contribution in [0.4, 0.5) is 0 Å². The first-order chi connectivity index (χ1) is 10.1. The Balaban J connectivity index is 1.80. The molecule has 0 saturated heterocycles. The van der Waals surface area contributed by atoms with Crippen molar-refractivity contribution in [2.75, 3.05) is 13.2 Å². The van der Waals surface area contributed by atoms with E-state index in [0.717, 1.165) is 11.3 Å². The van der Waals surface area contributed by atoms with Crippen molar-refractivity contribution in [3.8, 4) is 5.75 Å². The number of carboxylic acids is 1. The van der Waals surface area contributed by atoms with Gasteiger partial charge in [-0.1, -0.05) is 18.2 Å². The molecular weight excluding hydrogens is 270 g/mol. The lowest BCUT2D eigenvalue weighted by Gasteiger charge is -2.12. The fourth-order valence-electron chi connectivity index (χ4n) is 2.23. The fraction of sp³-hybridized carbons (Fsp3) is 0.500. The number of carbonyl (C=O) groups excluding carboxylic acids is 1. The van der Waals surface area contributed by atoms with E-state index in [1.165, 1.54) is 0 Å². The zero-order chi connectivity index (χ0) is 15.3. The number of carbonyl (C=O) groups is 2. The topological polar surface area (TPSA) is 75.6 Å². The van der Waals surface area contributed by atoms with E-state index in [9.17, 15) is 9.59 Å². The summed E-state index contributed by atoms with van der Waals surface area (Å²) in [7, 11) is 0. The molecule has 1 aliphatic carbocycles. The minimum Gasteiger partial charge on any atom is -0.494 e. The number of ether oxygens (including phenoxy) is 1. The molecule has 1 fully saturated rings. The summed E-state index contributed by atoms with van der Waals surface area (Å²) >= 11 is 0. The third kappa shape index (κ3) is 3.97. The molecule has 114 valence electrons. The van der Waals surface area contributed by atoms with Crippen LogP contribution in [0.5, 0.6) is 5.75 Å².